The first-order valence-electron chi connectivity index (χ1n) is 5.50. The van der Waals surface area contributed by atoms with Crippen LogP contribution in [0.4, 0.5) is 0 Å². The monoisotopic (exact) mass is 209 g/mol. The average Bonchev–Trinajstić information content (AvgIpc) is 2.56. The number of nitrogens with zero attached hydrogens (tertiary/aromatic N) is 3. The summed E-state index contributed by atoms with van der Waals surface area (Å²) in [6.45, 7) is 8.50. The van der Waals surface area contributed by atoms with Crippen LogP contribution in [0.5, 0.6) is 0 Å². The smallest absolute Gasteiger partial charge is 0.133 e. The molecular weight excluding hydrogens is 190 g/mol. The fourth-order valence-corrected chi connectivity index (χ4v) is 2.11. The highest BCUT2D eigenvalue weighted by atomic mass is 16.5. The quantitative estimate of drug-likeness (QED) is 0.730. The van der Waals surface area contributed by atoms with E-state index in [1.165, 1.54) is 0 Å². The van der Waals surface area contributed by atoms with E-state index in [4.69, 9.17) is 4.52 Å². The number of hydrogen-bond donors (Lipinski definition) is 0. The van der Waals surface area contributed by atoms with Crippen molar-refractivity contribution in [2.24, 2.45) is 0 Å². The zero-order valence-electron chi connectivity index (χ0n) is 9.73. The molecule has 0 bridgehead atoms. The molecular formula is C11H19N3O. The Balaban J connectivity index is 1.94. The molecule has 1 aliphatic rings. The second kappa shape index (κ2) is 4.33. The van der Waals surface area contributed by atoms with E-state index in [2.05, 4.69) is 28.9 Å². The summed E-state index contributed by atoms with van der Waals surface area (Å²) in [6.07, 6.45) is 0. The average molecular weight is 209 g/mol. The fraction of sp³-hybridized carbons (Fsp3) is 0.727. The summed E-state index contributed by atoms with van der Waals surface area (Å²) in [7, 11) is 2.17. The maximum Gasteiger partial charge on any atom is 0.133 e. The van der Waals surface area contributed by atoms with Crippen LogP contribution in [-0.2, 0) is 6.54 Å². The van der Waals surface area contributed by atoms with Gasteiger partial charge in [0.2, 0.25) is 0 Å². The van der Waals surface area contributed by atoms with Crippen molar-refractivity contribution < 1.29 is 4.52 Å². The van der Waals surface area contributed by atoms with Gasteiger partial charge in [-0.25, -0.2) is 0 Å². The molecule has 0 spiro atoms. The van der Waals surface area contributed by atoms with Gasteiger partial charge >= 0.3 is 0 Å². The third kappa shape index (κ3) is 2.58. The summed E-state index contributed by atoms with van der Waals surface area (Å²) in [4.78, 5) is 4.83. The van der Waals surface area contributed by atoms with Gasteiger partial charge in [-0.1, -0.05) is 5.16 Å². The van der Waals surface area contributed by atoms with Crippen LogP contribution in [0, 0.1) is 6.92 Å². The minimum Gasteiger partial charge on any atom is -0.361 e. The lowest BCUT2D eigenvalue weighted by Gasteiger charge is -2.37. The van der Waals surface area contributed by atoms with Crippen LogP contribution in [0.15, 0.2) is 10.6 Å². The van der Waals surface area contributed by atoms with E-state index >= 15 is 0 Å². The molecule has 0 aliphatic carbocycles. The van der Waals surface area contributed by atoms with Gasteiger partial charge < -0.3 is 9.42 Å². The van der Waals surface area contributed by atoms with Crippen molar-refractivity contribution in [1.29, 1.82) is 0 Å². The van der Waals surface area contributed by atoms with Gasteiger partial charge in [0.15, 0.2) is 0 Å². The van der Waals surface area contributed by atoms with E-state index in [1.807, 2.05) is 13.0 Å². The Morgan fingerprint density at radius 1 is 1.53 bits per heavy atom. The number of aryl methyl sites for hydroxylation is 1. The van der Waals surface area contributed by atoms with Crippen LogP contribution in [-0.4, -0.2) is 47.7 Å². The molecule has 4 heteroatoms. The summed E-state index contributed by atoms with van der Waals surface area (Å²) < 4.78 is 5.08. The molecule has 4 nitrogen and oxygen atoms in total. The molecule has 15 heavy (non-hydrogen) atoms. The van der Waals surface area contributed by atoms with E-state index in [0.29, 0.717) is 6.04 Å². The lowest BCUT2D eigenvalue weighted by molar-refractivity contribution is 0.0917. The molecule has 2 heterocycles. The second-order valence-electron chi connectivity index (χ2n) is 4.51. The van der Waals surface area contributed by atoms with Crippen molar-refractivity contribution in [3.63, 3.8) is 0 Å². The van der Waals surface area contributed by atoms with Gasteiger partial charge in [-0.2, -0.15) is 0 Å². The largest absolute Gasteiger partial charge is 0.361 e. The first-order chi connectivity index (χ1) is 7.15. The van der Waals surface area contributed by atoms with Crippen molar-refractivity contribution in [3.05, 3.63) is 17.5 Å². The Morgan fingerprint density at radius 3 is 2.93 bits per heavy atom. The molecule has 2 rings (SSSR count). The van der Waals surface area contributed by atoms with Crippen molar-refractivity contribution in [2.45, 2.75) is 26.4 Å². The van der Waals surface area contributed by atoms with Crippen molar-refractivity contribution >= 4 is 0 Å². The second-order valence-corrected chi connectivity index (χ2v) is 4.51. The minimum atomic E-state index is 0.598. The lowest BCUT2D eigenvalue weighted by atomic mass is 10.2. The number of piperazine rings is 1. The highest BCUT2D eigenvalue weighted by Gasteiger charge is 2.22. The highest BCUT2D eigenvalue weighted by molar-refractivity contribution is 5.03. The Morgan fingerprint density at radius 2 is 2.33 bits per heavy atom. The lowest BCUT2D eigenvalue weighted by Crippen LogP contribution is -2.49. The third-order valence-electron chi connectivity index (χ3n) is 3.01. The van der Waals surface area contributed by atoms with E-state index < -0.39 is 0 Å². The van der Waals surface area contributed by atoms with E-state index in [1.54, 1.807) is 0 Å². The summed E-state index contributed by atoms with van der Waals surface area (Å²) in [5.41, 5.74) is 1.05. The maximum absolute atomic E-state index is 5.08. The Hall–Kier alpha value is -0.870. The van der Waals surface area contributed by atoms with Gasteiger partial charge in [-0.05, 0) is 20.9 Å². The van der Waals surface area contributed by atoms with Crippen molar-refractivity contribution in [2.75, 3.05) is 26.7 Å². The molecule has 1 atom stereocenters. The molecule has 1 fully saturated rings. The fourth-order valence-electron chi connectivity index (χ4n) is 2.11. The van der Waals surface area contributed by atoms with E-state index in [9.17, 15) is 0 Å². The maximum atomic E-state index is 5.08. The van der Waals surface area contributed by atoms with Crippen molar-refractivity contribution in [3.8, 4) is 0 Å². The van der Waals surface area contributed by atoms with Gasteiger partial charge in [-0.15, -0.1) is 0 Å². The summed E-state index contributed by atoms with van der Waals surface area (Å²) in [5, 5.41) is 4.03. The van der Waals surface area contributed by atoms with Gasteiger partial charge in [-0.3, -0.25) is 4.90 Å². The van der Waals surface area contributed by atoms with Gasteiger partial charge in [0.1, 0.15) is 5.76 Å². The van der Waals surface area contributed by atoms with E-state index in [0.717, 1.165) is 37.6 Å². The topological polar surface area (TPSA) is 32.5 Å². The van der Waals surface area contributed by atoms with Gasteiger partial charge in [0.05, 0.1) is 5.69 Å². The van der Waals surface area contributed by atoms with Crippen LogP contribution in [0.25, 0.3) is 0 Å². The first kappa shape index (κ1) is 10.6. The first-order valence-corrected chi connectivity index (χ1v) is 5.50. The molecule has 84 valence electrons. The van der Waals surface area contributed by atoms with Crippen LogP contribution >= 0.6 is 0 Å². The van der Waals surface area contributed by atoms with E-state index in [-0.39, 0.29) is 0 Å². The molecule has 0 amide bonds. The molecule has 0 radical (unpaired) electrons. The Kier molecular flexibility index (Phi) is 3.07. The SMILES string of the molecule is Cc1cc(CN2CCN(C)CC2C)no1. The van der Waals surface area contributed by atoms with Crippen LogP contribution in [0.1, 0.15) is 18.4 Å². The van der Waals surface area contributed by atoms with Gasteiger partial charge in [0.25, 0.3) is 0 Å². The predicted octanol–water partition coefficient (Wildman–Crippen LogP) is 1.12. The molecule has 1 aromatic rings. The number of aromatic nitrogens is 1. The molecule has 0 aromatic carbocycles. The zero-order valence-corrected chi connectivity index (χ0v) is 9.73. The Labute approximate surface area is 90.8 Å². The summed E-state index contributed by atoms with van der Waals surface area (Å²) >= 11 is 0. The molecule has 0 N–H and O–H groups in total. The molecule has 1 aromatic heterocycles. The normalized spacial score (nSPS) is 24.6. The molecule has 1 saturated heterocycles. The Bertz CT molecular complexity index is 323. The number of rotatable bonds is 2. The third-order valence-corrected chi connectivity index (χ3v) is 3.01. The number of likely N-dealkylation sites (N-methyl/N-ethyl adjacent to an activating group) is 1. The minimum absolute atomic E-state index is 0.598. The summed E-state index contributed by atoms with van der Waals surface area (Å²) in [6, 6.07) is 2.62. The predicted molar refractivity (Wildman–Crippen MR) is 58.6 cm³/mol. The van der Waals surface area contributed by atoms with Crippen LogP contribution in [0.2, 0.25) is 0 Å². The number of hydrogen-bond acceptors (Lipinski definition) is 4. The van der Waals surface area contributed by atoms with Gasteiger partial charge in [0, 0.05) is 38.3 Å². The molecule has 1 aliphatic heterocycles. The van der Waals surface area contributed by atoms with Crippen LogP contribution < -0.4 is 0 Å². The summed E-state index contributed by atoms with van der Waals surface area (Å²) in [5.74, 6) is 0.895. The molecule has 0 saturated carbocycles. The van der Waals surface area contributed by atoms with Crippen molar-refractivity contribution in [1.82, 2.24) is 15.0 Å². The standard InChI is InChI=1S/C11H19N3O/c1-9-7-13(3)4-5-14(9)8-11-6-10(2)15-12-11/h6,9H,4-5,7-8H2,1-3H3. The van der Waals surface area contributed by atoms with Crippen LogP contribution in [0.3, 0.4) is 0 Å². The zero-order chi connectivity index (χ0) is 10.8. The highest BCUT2D eigenvalue weighted by Crippen LogP contribution is 2.12. The molecule has 1 unspecified atom stereocenters.